The molecule has 0 aliphatic heterocycles. The van der Waals surface area contributed by atoms with Crippen LogP contribution in [0.1, 0.15) is 15.9 Å². The normalized spacial score (nSPS) is 12.1. The minimum absolute atomic E-state index is 0.213. The van der Waals surface area contributed by atoms with Crippen molar-refractivity contribution >= 4 is 38.2 Å². The topological polar surface area (TPSA) is 43.6 Å². The van der Waals surface area contributed by atoms with E-state index in [4.69, 9.17) is 4.74 Å². The number of hydrogen-bond donors (Lipinski definition) is 0. The smallest absolute Gasteiger partial charge is 0.279 e. The zero-order valence-corrected chi connectivity index (χ0v) is 16.1. The van der Waals surface area contributed by atoms with Crippen molar-refractivity contribution in [3.63, 3.8) is 0 Å². The van der Waals surface area contributed by atoms with Gasteiger partial charge < -0.3 is 9.30 Å². The predicted molar refractivity (Wildman–Crippen MR) is 110 cm³/mol. The number of rotatable bonds is 4. The van der Waals surface area contributed by atoms with Crippen LogP contribution in [-0.4, -0.2) is 24.2 Å². The Hall–Kier alpha value is -2.76. The highest BCUT2D eigenvalue weighted by atomic mass is 32.1. The number of benzene rings is 3. The summed E-state index contributed by atoms with van der Waals surface area (Å²) in [5.74, 6) is -0.213. The van der Waals surface area contributed by atoms with E-state index in [1.54, 1.807) is 18.4 Å². The van der Waals surface area contributed by atoms with E-state index >= 15 is 0 Å². The first-order valence-corrected chi connectivity index (χ1v) is 9.65. The SMILES string of the molecule is COCCn1c(=NC(=O)c2ccccc2C)sc2c3ccccc3ccc21. The summed E-state index contributed by atoms with van der Waals surface area (Å²) >= 11 is 1.55. The fourth-order valence-electron chi connectivity index (χ4n) is 3.24. The average molecular weight is 376 g/mol. The molecule has 1 aromatic heterocycles. The molecule has 1 amide bonds. The predicted octanol–water partition coefficient (Wildman–Crippen LogP) is 4.55. The van der Waals surface area contributed by atoms with Crippen LogP contribution in [0.5, 0.6) is 0 Å². The first-order chi connectivity index (χ1) is 13.2. The van der Waals surface area contributed by atoms with Crippen molar-refractivity contribution in [2.45, 2.75) is 13.5 Å². The second kappa shape index (κ2) is 7.47. The molecule has 0 saturated heterocycles. The van der Waals surface area contributed by atoms with Gasteiger partial charge in [0.2, 0.25) is 0 Å². The maximum absolute atomic E-state index is 12.8. The molecule has 3 aromatic carbocycles. The second-order valence-electron chi connectivity index (χ2n) is 6.40. The Kier molecular flexibility index (Phi) is 4.88. The van der Waals surface area contributed by atoms with Gasteiger partial charge in [-0.25, -0.2) is 0 Å². The van der Waals surface area contributed by atoms with Crippen molar-refractivity contribution in [3.8, 4) is 0 Å². The maximum Gasteiger partial charge on any atom is 0.279 e. The van der Waals surface area contributed by atoms with Gasteiger partial charge in [-0.2, -0.15) is 4.99 Å². The molecule has 0 fully saturated rings. The molecule has 0 spiro atoms. The third kappa shape index (κ3) is 3.31. The number of hydrogen-bond acceptors (Lipinski definition) is 3. The fraction of sp³-hybridized carbons (Fsp3) is 0.182. The molecule has 0 bridgehead atoms. The number of aromatic nitrogens is 1. The molecule has 4 nitrogen and oxygen atoms in total. The highest BCUT2D eigenvalue weighted by Gasteiger charge is 2.12. The Morgan fingerprint density at radius 3 is 2.67 bits per heavy atom. The highest BCUT2D eigenvalue weighted by molar-refractivity contribution is 7.17. The van der Waals surface area contributed by atoms with E-state index in [2.05, 4.69) is 33.8 Å². The molecular weight excluding hydrogens is 356 g/mol. The van der Waals surface area contributed by atoms with Gasteiger partial charge in [-0.05, 0) is 30.0 Å². The number of carbonyl (C=O) groups excluding carboxylic acids is 1. The molecule has 0 radical (unpaired) electrons. The minimum Gasteiger partial charge on any atom is -0.383 e. The number of carbonyl (C=O) groups is 1. The highest BCUT2D eigenvalue weighted by Crippen LogP contribution is 2.27. The second-order valence-corrected chi connectivity index (χ2v) is 7.37. The molecule has 0 aliphatic carbocycles. The van der Waals surface area contributed by atoms with Crippen LogP contribution in [-0.2, 0) is 11.3 Å². The molecule has 27 heavy (non-hydrogen) atoms. The minimum atomic E-state index is -0.213. The van der Waals surface area contributed by atoms with E-state index in [1.165, 1.54) is 10.8 Å². The Balaban J connectivity index is 1.94. The molecule has 0 atom stereocenters. The van der Waals surface area contributed by atoms with E-state index in [1.807, 2.05) is 43.3 Å². The van der Waals surface area contributed by atoms with Crippen LogP contribution in [0, 0.1) is 6.92 Å². The van der Waals surface area contributed by atoms with E-state index in [0.29, 0.717) is 23.5 Å². The summed E-state index contributed by atoms with van der Waals surface area (Å²) in [6.07, 6.45) is 0. The summed E-state index contributed by atoms with van der Waals surface area (Å²) in [5.41, 5.74) is 2.64. The number of fused-ring (bicyclic) bond motifs is 3. The van der Waals surface area contributed by atoms with Gasteiger partial charge in [-0.3, -0.25) is 4.79 Å². The Morgan fingerprint density at radius 2 is 1.85 bits per heavy atom. The number of methoxy groups -OCH3 is 1. The van der Waals surface area contributed by atoms with E-state index in [9.17, 15) is 4.79 Å². The molecule has 0 N–H and O–H groups in total. The standard InChI is InChI=1S/C22H20N2O2S/c1-15-7-3-5-9-17(15)21(25)23-22-24(13-14-26-2)19-12-11-16-8-4-6-10-18(16)20(19)27-22/h3-12H,13-14H2,1-2H3. The van der Waals surface area contributed by atoms with Gasteiger partial charge in [0.1, 0.15) is 0 Å². The fourth-order valence-corrected chi connectivity index (χ4v) is 4.43. The zero-order chi connectivity index (χ0) is 18.8. The summed E-state index contributed by atoms with van der Waals surface area (Å²) in [6.45, 7) is 3.14. The molecule has 5 heteroatoms. The summed E-state index contributed by atoms with van der Waals surface area (Å²) in [6, 6.07) is 20.0. The first-order valence-electron chi connectivity index (χ1n) is 8.84. The summed E-state index contributed by atoms with van der Waals surface area (Å²) < 4.78 is 8.49. The summed E-state index contributed by atoms with van der Waals surface area (Å²) in [4.78, 5) is 18.0. The molecule has 136 valence electrons. The molecule has 0 aliphatic rings. The Morgan fingerprint density at radius 1 is 1.07 bits per heavy atom. The maximum atomic E-state index is 12.8. The van der Waals surface area contributed by atoms with Crippen molar-refractivity contribution in [1.82, 2.24) is 4.57 Å². The quantitative estimate of drug-likeness (QED) is 0.524. The van der Waals surface area contributed by atoms with Crippen molar-refractivity contribution in [2.24, 2.45) is 4.99 Å². The van der Waals surface area contributed by atoms with Gasteiger partial charge in [-0.1, -0.05) is 59.9 Å². The van der Waals surface area contributed by atoms with Gasteiger partial charge in [0.15, 0.2) is 4.80 Å². The Labute approximate surface area is 161 Å². The molecular formula is C22H20N2O2S. The third-order valence-corrected chi connectivity index (χ3v) is 5.79. The third-order valence-electron chi connectivity index (χ3n) is 4.67. The van der Waals surface area contributed by atoms with Gasteiger partial charge in [-0.15, -0.1) is 0 Å². The van der Waals surface area contributed by atoms with Gasteiger partial charge >= 0.3 is 0 Å². The summed E-state index contributed by atoms with van der Waals surface area (Å²) in [5, 5.41) is 2.36. The lowest BCUT2D eigenvalue weighted by atomic mass is 10.1. The zero-order valence-electron chi connectivity index (χ0n) is 15.3. The van der Waals surface area contributed by atoms with Crippen molar-refractivity contribution in [2.75, 3.05) is 13.7 Å². The summed E-state index contributed by atoms with van der Waals surface area (Å²) in [7, 11) is 1.68. The van der Waals surface area contributed by atoms with Gasteiger partial charge in [0.25, 0.3) is 5.91 Å². The number of aryl methyl sites for hydroxylation is 1. The number of ether oxygens (including phenoxy) is 1. The van der Waals surface area contributed by atoms with Crippen LogP contribution in [0.4, 0.5) is 0 Å². The molecule has 1 heterocycles. The van der Waals surface area contributed by atoms with Gasteiger partial charge in [0, 0.05) is 24.6 Å². The van der Waals surface area contributed by atoms with E-state index in [0.717, 1.165) is 15.8 Å². The molecule has 0 unspecified atom stereocenters. The van der Waals surface area contributed by atoms with Crippen LogP contribution in [0.2, 0.25) is 0 Å². The van der Waals surface area contributed by atoms with E-state index < -0.39 is 0 Å². The van der Waals surface area contributed by atoms with E-state index in [-0.39, 0.29) is 5.91 Å². The van der Waals surface area contributed by atoms with Crippen LogP contribution in [0.15, 0.2) is 65.7 Å². The van der Waals surface area contributed by atoms with Crippen LogP contribution in [0.3, 0.4) is 0 Å². The van der Waals surface area contributed by atoms with Crippen molar-refractivity contribution in [1.29, 1.82) is 0 Å². The first kappa shape index (κ1) is 17.6. The molecule has 4 aromatic rings. The van der Waals surface area contributed by atoms with Crippen LogP contribution in [0.25, 0.3) is 21.0 Å². The average Bonchev–Trinajstić information content (AvgIpc) is 3.04. The number of amides is 1. The van der Waals surface area contributed by atoms with Crippen molar-refractivity contribution < 1.29 is 9.53 Å². The lowest BCUT2D eigenvalue weighted by Crippen LogP contribution is -2.19. The lowest BCUT2D eigenvalue weighted by Gasteiger charge is -2.05. The number of thiazole rings is 1. The monoisotopic (exact) mass is 376 g/mol. The largest absolute Gasteiger partial charge is 0.383 e. The van der Waals surface area contributed by atoms with Gasteiger partial charge in [0.05, 0.1) is 16.8 Å². The number of nitrogens with zero attached hydrogens (tertiary/aromatic N) is 2. The Bertz CT molecular complexity index is 1200. The molecule has 4 rings (SSSR count). The van der Waals surface area contributed by atoms with Crippen LogP contribution < -0.4 is 4.80 Å². The molecule has 0 saturated carbocycles. The van der Waals surface area contributed by atoms with Crippen molar-refractivity contribution in [3.05, 3.63) is 76.6 Å². The van der Waals surface area contributed by atoms with Crippen LogP contribution >= 0.6 is 11.3 Å². The lowest BCUT2D eigenvalue weighted by molar-refractivity contribution is 0.0997.